The molecule has 0 atom stereocenters. The Kier molecular flexibility index (Phi) is 6.43. The monoisotopic (exact) mass is 309 g/mol. The van der Waals surface area contributed by atoms with E-state index in [4.69, 9.17) is 11.6 Å². The van der Waals surface area contributed by atoms with E-state index in [1.807, 2.05) is 20.8 Å². The molecule has 0 saturated heterocycles. The van der Waals surface area contributed by atoms with Gasteiger partial charge in [-0.1, -0.05) is 38.8 Å². The van der Waals surface area contributed by atoms with E-state index in [2.05, 4.69) is 9.72 Å². The molecule has 0 unspecified atom stereocenters. The normalized spacial score (nSPS) is 9.95. The molecule has 0 spiro atoms. The lowest BCUT2D eigenvalue weighted by Gasteiger charge is -2.10. The number of hydrogen-bond donors (Lipinski definition) is 1. The summed E-state index contributed by atoms with van der Waals surface area (Å²) in [5, 5.41) is 12.1. The van der Waals surface area contributed by atoms with Crippen LogP contribution in [-0.4, -0.2) is 23.2 Å². The predicted octanol–water partition coefficient (Wildman–Crippen LogP) is 4.36. The Bertz CT molecular complexity index is 641. The summed E-state index contributed by atoms with van der Waals surface area (Å²) in [6.07, 6.45) is 3.27. The van der Waals surface area contributed by atoms with Crippen LogP contribution in [0.4, 0.5) is 0 Å². The predicted molar refractivity (Wildman–Crippen MR) is 85.1 cm³/mol. The summed E-state index contributed by atoms with van der Waals surface area (Å²) in [5.74, 6) is -0.829. The first kappa shape index (κ1) is 17.2. The molecule has 114 valence electrons. The first-order valence-corrected chi connectivity index (χ1v) is 7.35. The molecule has 0 fully saturated rings. The smallest absolute Gasteiger partial charge is 0.360 e. The van der Waals surface area contributed by atoms with Crippen molar-refractivity contribution in [3.8, 4) is 5.75 Å². The number of aryl methyl sites for hydroxylation is 1. The number of hydrogen-bond acceptors (Lipinski definition) is 4. The fourth-order valence-corrected chi connectivity index (χ4v) is 2.32. The highest BCUT2D eigenvalue weighted by Crippen LogP contribution is 2.33. The molecule has 21 heavy (non-hydrogen) atoms. The molecule has 0 saturated carbocycles. The molecule has 5 heteroatoms. The van der Waals surface area contributed by atoms with Crippen molar-refractivity contribution >= 4 is 28.3 Å². The van der Waals surface area contributed by atoms with Crippen molar-refractivity contribution in [1.29, 1.82) is 0 Å². The molecule has 1 aromatic carbocycles. The number of fused-ring (bicyclic) bond motifs is 1. The Morgan fingerprint density at radius 2 is 2.00 bits per heavy atom. The first-order valence-electron chi connectivity index (χ1n) is 6.97. The Labute approximate surface area is 129 Å². The standard InChI is InChI=1S/C14H14ClNO3.C2H6/c1-3-4-8-10-7-16-12(14(18)19-2)13(17)9(10)5-6-11(8)15;1-2/h5-7,17H,3-4H2,1-2H3;1-2H3. The third kappa shape index (κ3) is 3.45. The molecule has 4 nitrogen and oxygen atoms in total. The van der Waals surface area contributed by atoms with Crippen molar-refractivity contribution in [2.24, 2.45) is 0 Å². The van der Waals surface area contributed by atoms with E-state index in [1.54, 1.807) is 18.3 Å². The largest absolute Gasteiger partial charge is 0.505 e. The first-order chi connectivity index (χ1) is 10.1. The number of pyridine rings is 1. The number of carbonyl (C=O) groups excluding carboxylic acids is 1. The van der Waals surface area contributed by atoms with Crippen LogP contribution in [0.3, 0.4) is 0 Å². The molecule has 1 aromatic heterocycles. The van der Waals surface area contributed by atoms with Gasteiger partial charge in [0.2, 0.25) is 0 Å². The van der Waals surface area contributed by atoms with Crippen LogP contribution in [0.5, 0.6) is 5.75 Å². The summed E-state index contributed by atoms with van der Waals surface area (Å²) in [6, 6.07) is 3.40. The molecule has 0 aliphatic rings. The number of methoxy groups -OCH3 is 1. The lowest BCUT2D eigenvalue weighted by atomic mass is 10.0. The van der Waals surface area contributed by atoms with Crippen LogP contribution >= 0.6 is 11.6 Å². The van der Waals surface area contributed by atoms with Crippen LogP contribution in [0, 0.1) is 0 Å². The molecular weight excluding hydrogens is 290 g/mol. The van der Waals surface area contributed by atoms with Gasteiger partial charge in [-0.25, -0.2) is 9.78 Å². The minimum atomic E-state index is -0.661. The Morgan fingerprint density at radius 3 is 2.57 bits per heavy atom. The third-order valence-electron chi connectivity index (χ3n) is 2.98. The van der Waals surface area contributed by atoms with E-state index in [1.165, 1.54) is 7.11 Å². The van der Waals surface area contributed by atoms with E-state index in [0.717, 1.165) is 23.8 Å². The highest BCUT2D eigenvalue weighted by molar-refractivity contribution is 6.32. The summed E-state index contributed by atoms with van der Waals surface area (Å²) in [5.41, 5.74) is 0.848. The second-order valence-corrected chi connectivity index (χ2v) is 4.59. The maximum Gasteiger partial charge on any atom is 0.360 e. The highest BCUT2D eigenvalue weighted by atomic mass is 35.5. The fourth-order valence-electron chi connectivity index (χ4n) is 2.06. The van der Waals surface area contributed by atoms with Gasteiger partial charge in [0.1, 0.15) is 0 Å². The molecule has 0 aliphatic carbocycles. The molecule has 0 aliphatic heterocycles. The van der Waals surface area contributed by atoms with Crippen LogP contribution in [0.2, 0.25) is 5.02 Å². The summed E-state index contributed by atoms with van der Waals surface area (Å²) in [7, 11) is 1.25. The Hall–Kier alpha value is -1.81. The summed E-state index contributed by atoms with van der Waals surface area (Å²) < 4.78 is 4.58. The van der Waals surface area contributed by atoms with Gasteiger partial charge in [0.05, 0.1) is 7.11 Å². The van der Waals surface area contributed by atoms with Gasteiger partial charge in [0.15, 0.2) is 11.4 Å². The third-order valence-corrected chi connectivity index (χ3v) is 3.33. The van der Waals surface area contributed by atoms with Crippen LogP contribution < -0.4 is 0 Å². The molecule has 2 aromatic rings. The zero-order chi connectivity index (χ0) is 16.0. The van der Waals surface area contributed by atoms with E-state index in [0.29, 0.717) is 10.4 Å². The molecule has 2 rings (SSSR count). The quantitative estimate of drug-likeness (QED) is 0.856. The number of ether oxygens (including phenoxy) is 1. The van der Waals surface area contributed by atoms with Crippen LogP contribution in [-0.2, 0) is 11.2 Å². The molecule has 0 bridgehead atoms. The van der Waals surface area contributed by atoms with Gasteiger partial charge in [-0.2, -0.15) is 0 Å². The highest BCUT2D eigenvalue weighted by Gasteiger charge is 2.18. The van der Waals surface area contributed by atoms with Crippen LogP contribution in [0.15, 0.2) is 18.3 Å². The Morgan fingerprint density at radius 1 is 1.33 bits per heavy atom. The number of rotatable bonds is 3. The van der Waals surface area contributed by atoms with Crippen molar-refractivity contribution in [2.45, 2.75) is 33.6 Å². The number of aromatic hydroxyl groups is 1. The summed E-state index contributed by atoms with van der Waals surface area (Å²) in [4.78, 5) is 15.5. The second kappa shape index (κ2) is 7.84. The molecule has 0 radical (unpaired) electrons. The lowest BCUT2D eigenvalue weighted by molar-refractivity contribution is 0.0591. The van der Waals surface area contributed by atoms with Crippen LogP contribution in [0.25, 0.3) is 10.8 Å². The van der Waals surface area contributed by atoms with Crippen molar-refractivity contribution in [3.63, 3.8) is 0 Å². The van der Waals surface area contributed by atoms with Gasteiger partial charge in [0, 0.05) is 22.0 Å². The number of aromatic nitrogens is 1. The Balaban J connectivity index is 0.00000106. The number of nitrogens with zero attached hydrogens (tertiary/aromatic N) is 1. The minimum Gasteiger partial charge on any atom is -0.505 e. The zero-order valence-corrected chi connectivity index (χ0v) is 13.5. The SMILES string of the molecule is CC.CCCc1c(Cl)ccc2c(O)c(C(=O)OC)ncc12. The van der Waals surface area contributed by atoms with Crippen molar-refractivity contribution < 1.29 is 14.6 Å². The molecular formula is C16H20ClNO3. The number of carbonyl (C=O) groups is 1. The average molecular weight is 310 g/mol. The van der Waals surface area contributed by atoms with Gasteiger partial charge in [-0.3, -0.25) is 0 Å². The van der Waals surface area contributed by atoms with E-state index in [9.17, 15) is 9.90 Å². The number of benzene rings is 1. The topological polar surface area (TPSA) is 59.4 Å². The van der Waals surface area contributed by atoms with Gasteiger partial charge >= 0.3 is 5.97 Å². The maximum atomic E-state index is 11.5. The summed E-state index contributed by atoms with van der Waals surface area (Å²) in [6.45, 7) is 6.05. The zero-order valence-electron chi connectivity index (χ0n) is 12.7. The minimum absolute atomic E-state index is 0.0835. The van der Waals surface area contributed by atoms with E-state index < -0.39 is 5.97 Å². The van der Waals surface area contributed by atoms with Crippen LogP contribution in [0.1, 0.15) is 43.2 Å². The van der Waals surface area contributed by atoms with Crippen molar-refractivity contribution in [1.82, 2.24) is 4.98 Å². The number of esters is 1. The van der Waals surface area contributed by atoms with Gasteiger partial charge in [0.25, 0.3) is 0 Å². The van der Waals surface area contributed by atoms with Gasteiger partial charge < -0.3 is 9.84 Å². The molecule has 0 amide bonds. The maximum absolute atomic E-state index is 11.5. The molecule has 1 heterocycles. The number of halogens is 1. The van der Waals surface area contributed by atoms with Gasteiger partial charge in [-0.05, 0) is 24.1 Å². The summed E-state index contributed by atoms with van der Waals surface area (Å²) >= 11 is 6.16. The second-order valence-electron chi connectivity index (χ2n) is 4.18. The van der Waals surface area contributed by atoms with Crippen molar-refractivity contribution in [2.75, 3.05) is 7.11 Å². The van der Waals surface area contributed by atoms with Crippen molar-refractivity contribution in [3.05, 3.63) is 34.6 Å². The van der Waals surface area contributed by atoms with E-state index >= 15 is 0 Å². The van der Waals surface area contributed by atoms with Gasteiger partial charge in [-0.15, -0.1) is 0 Å². The average Bonchev–Trinajstić information content (AvgIpc) is 2.52. The lowest BCUT2D eigenvalue weighted by Crippen LogP contribution is -2.05. The fraction of sp³-hybridized carbons (Fsp3) is 0.375. The van der Waals surface area contributed by atoms with E-state index in [-0.39, 0.29) is 11.4 Å². The molecule has 1 N–H and O–H groups in total.